The Hall–Kier alpha value is -3.85. The van der Waals surface area contributed by atoms with Crippen LogP contribution >= 0.6 is 0 Å². The smallest absolute Gasteiger partial charge is 0.331 e. The predicted octanol–water partition coefficient (Wildman–Crippen LogP) is 3.12. The summed E-state index contributed by atoms with van der Waals surface area (Å²) in [5, 5.41) is 11.8. The molecule has 8 nitrogen and oxygen atoms in total. The molecule has 1 N–H and O–H groups in total. The molecule has 0 bridgehead atoms. The van der Waals surface area contributed by atoms with Gasteiger partial charge in [-0.25, -0.2) is 13.2 Å². The van der Waals surface area contributed by atoms with E-state index in [-0.39, 0.29) is 11.5 Å². The molecule has 0 saturated carbocycles. The molecule has 1 heterocycles. The first-order valence-corrected chi connectivity index (χ1v) is 11.2. The van der Waals surface area contributed by atoms with Crippen molar-refractivity contribution in [3.05, 3.63) is 95.5 Å². The number of nitrogens with one attached hydrogen (secondary N) is 1. The number of esters is 1. The van der Waals surface area contributed by atoms with E-state index in [1.807, 2.05) is 0 Å². The van der Waals surface area contributed by atoms with E-state index >= 15 is 0 Å². The third-order valence-electron chi connectivity index (χ3n) is 4.43. The van der Waals surface area contributed by atoms with Crippen LogP contribution in [0.1, 0.15) is 18.1 Å². The Morgan fingerprint density at radius 3 is 2.47 bits per heavy atom. The molecule has 3 aromatic rings. The van der Waals surface area contributed by atoms with Crippen molar-refractivity contribution in [2.45, 2.75) is 11.8 Å². The first kappa shape index (κ1) is 22.8. The van der Waals surface area contributed by atoms with Gasteiger partial charge in [0.25, 0.3) is 10.0 Å². The van der Waals surface area contributed by atoms with Crippen LogP contribution in [0.15, 0.2) is 84.0 Å². The quantitative estimate of drug-likeness (QED) is 0.242. The van der Waals surface area contributed by atoms with Crippen molar-refractivity contribution in [3.8, 4) is 5.75 Å². The maximum atomic E-state index is 12.8. The van der Waals surface area contributed by atoms with Crippen molar-refractivity contribution in [1.82, 2.24) is 0 Å². The number of hydrogen-bond acceptors (Lipinski definition) is 6. The fourth-order valence-corrected chi connectivity index (χ4v) is 4.02. The average Bonchev–Trinajstić information content (AvgIpc) is 2.77. The number of benzene rings is 2. The summed E-state index contributed by atoms with van der Waals surface area (Å²) in [5.41, 5.74) is 1.71. The van der Waals surface area contributed by atoms with Crippen molar-refractivity contribution in [2.24, 2.45) is 0 Å². The molecule has 0 radical (unpaired) electrons. The number of ether oxygens (including phenoxy) is 2. The third kappa shape index (κ3) is 5.64. The second kappa shape index (κ2) is 9.97. The van der Waals surface area contributed by atoms with E-state index in [4.69, 9.17) is 9.47 Å². The lowest BCUT2D eigenvalue weighted by Gasteiger charge is -2.12. The molecule has 0 fully saturated rings. The number of hydrogen-bond donors (Lipinski definition) is 1. The molecule has 1 aromatic heterocycles. The summed E-state index contributed by atoms with van der Waals surface area (Å²) >= 11 is 0. The molecule has 9 heteroatoms. The van der Waals surface area contributed by atoms with Crippen LogP contribution in [0.2, 0.25) is 0 Å². The number of methoxy groups -OCH3 is 1. The summed E-state index contributed by atoms with van der Waals surface area (Å²) in [6.45, 7) is 1.88. The van der Waals surface area contributed by atoms with Gasteiger partial charge in [-0.2, -0.15) is 4.73 Å². The lowest BCUT2D eigenvalue weighted by atomic mass is 9.98. The van der Waals surface area contributed by atoms with Crippen LogP contribution in [-0.4, -0.2) is 28.1 Å². The number of nitrogens with zero attached hydrogens (tertiary/aromatic N) is 1. The minimum atomic E-state index is -3.85. The van der Waals surface area contributed by atoms with E-state index in [9.17, 15) is 18.4 Å². The van der Waals surface area contributed by atoms with Gasteiger partial charge in [0.15, 0.2) is 12.4 Å². The number of anilines is 1. The largest absolute Gasteiger partial charge is 0.619 e. The Morgan fingerprint density at radius 2 is 1.81 bits per heavy atom. The van der Waals surface area contributed by atoms with Gasteiger partial charge in [-0.3, -0.25) is 4.72 Å². The van der Waals surface area contributed by atoms with Gasteiger partial charge in [0.1, 0.15) is 5.75 Å². The van der Waals surface area contributed by atoms with Crippen LogP contribution in [0.25, 0.3) is 5.57 Å². The molecule has 0 unspecified atom stereocenters. The fraction of sp³-hybridized carbons (Fsp3) is 0.130. The van der Waals surface area contributed by atoms with Crippen molar-refractivity contribution in [3.63, 3.8) is 0 Å². The van der Waals surface area contributed by atoms with Crippen LogP contribution in [0, 0.1) is 5.21 Å². The molecule has 0 saturated heterocycles. The predicted molar refractivity (Wildman–Crippen MR) is 119 cm³/mol. The van der Waals surface area contributed by atoms with E-state index in [1.165, 1.54) is 37.7 Å². The minimum Gasteiger partial charge on any atom is -0.619 e. The van der Waals surface area contributed by atoms with Gasteiger partial charge < -0.3 is 14.7 Å². The molecule has 2 aromatic carbocycles. The van der Waals surface area contributed by atoms with Gasteiger partial charge in [-0.05, 0) is 55.0 Å². The third-order valence-corrected chi connectivity index (χ3v) is 5.83. The lowest BCUT2D eigenvalue weighted by Crippen LogP contribution is -2.24. The van der Waals surface area contributed by atoms with Crippen LogP contribution in [0.5, 0.6) is 5.75 Å². The van der Waals surface area contributed by atoms with Crippen LogP contribution in [0.3, 0.4) is 0 Å². The molecule has 0 aliphatic carbocycles. The van der Waals surface area contributed by atoms with E-state index in [0.29, 0.717) is 32.9 Å². The Morgan fingerprint density at radius 1 is 1.09 bits per heavy atom. The minimum absolute atomic E-state index is 0.0708. The van der Waals surface area contributed by atoms with Gasteiger partial charge in [-0.1, -0.05) is 12.1 Å². The summed E-state index contributed by atoms with van der Waals surface area (Å²) in [6.07, 6.45) is 3.92. The monoisotopic (exact) mass is 454 g/mol. The van der Waals surface area contributed by atoms with Gasteiger partial charge >= 0.3 is 5.97 Å². The summed E-state index contributed by atoms with van der Waals surface area (Å²) in [5.74, 6) is -0.0359. The molecular formula is C23H22N2O6S. The van der Waals surface area contributed by atoms with E-state index in [2.05, 4.69) is 4.72 Å². The molecule has 32 heavy (non-hydrogen) atoms. The lowest BCUT2D eigenvalue weighted by molar-refractivity contribution is -0.605. The zero-order valence-electron chi connectivity index (χ0n) is 17.5. The molecule has 0 aliphatic heterocycles. The first-order valence-electron chi connectivity index (χ1n) is 9.67. The van der Waals surface area contributed by atoms with E-state index in [0.717, 1.165) is 0 Å². The highest BCUT2D eigenvalue weighted by Crippen LogP contribution is 2.26. The van der Waals surface area contributed by atoms with Crippen LogP contribution < -0.4 is 14.2 Å². The number of rotatable bonds is 8. The Bertz CT molecular complexity index is 1240. The van der Waals surface area contributed by atoms with Gasteiger partial charge in [0, 0.05) is 29.0 Å². The highest BCUT2D eigenvalue weighted by molar-refractivity contribution is 7.92. The fourth-order valence-electron chi connectivity index (χ4n) is 2.97. The average molecular weight is 455 g/mol. The molecule has 0 spiro atoms. The second-order valence-electron chi connectivity index (χ2n) is 6.62. The second-order valence-corrected chi connectivity index (χ2v) is 8.31. The molecule has 166 valence electrons. The van der Waals surface area contributed by atoms with Crippen molar-refractivity contribution in [1.29, 1.82) is 0 Å². The van der Waals surface area contributed by atoms with E-state index < -0.39 is 16.0 Å². The molecule has 0 atom stereocenters. The number of carbonyl (C=O) groups is 1. The van der Waals surface area contributed by atoms with Crippen LogP contribution in [0.4, 0.5) is 5.69 Å². The highest BCUT2D eigenvalue weighted by atomic mass is 32.2. The van der Waals surface area contributed by atoms with Crippen molar-refractivity contribution < 1.29 is 27.4 Å². The first-order chi connectivity index (χ1) is 15.3. The maximum Gasteiger partial charge on any atom is 0.331 e. The number of carbonyl (C=O) groups excluding carboxylic acids is 1. The molecule has 3 rings (SSSR count). The Labute approximate surface area is 186 Å². The SMILES string of the molecule is CCOC(=O)C=C(c1cccc(NS(=O)(=O)c2ccc(OC)cc2)c1)c1ccc[n+]([O-])c1. The summed E-state index contributed by atoms with van der Waals surface area (Å²) in [7, 11) is -2.36. The molecule has 0 amide bonds. The normalized spacial score (nSPS) is 11.6. The number of pyridine rings is 1. The van der Waals surface area contributed by atoms with Gasteiger partial charge in [0.2, 0.25) is 0 Å². The van der Waals surface area contributed by atoms with Crippen molar-refractivity contribution in [2.75, 3.05) is 18.4 Å². The molecule has 0 aliphatic rings. The van der Waals surface area contributed by atoms with Gasteiger partial charge in [-0.15, -0.1) is 0 Å². The maximum absolute atomic E-state index is 12.8. The summed E-state index contributed by atoms with van der Waals surface area (Å²) in [6, 6.07) is 15.7. The topological polar surface area (TPSA) is 109 Å². The van der Waals surface area contributed by atoms with Crippen LogP contribution in [-0.2, 0) is 19.6 Å². The molecular weight excluding hydrogens is 432 g/mol. The highest BCUT2D eigenvalue weighted by Gasteiger charge is 2.16. The Kier molecular flexibility index (Phi) is 7.11. The zero-order valence-corrected chi connectivity index (χ0v) is 18.3. The Balaban J connectivity index is 1.97. The number of aromatic nitrogens is 1. The van der Waals surface area contributed by atoms with Crippen molar-refractivity contribution >= 4 is 27.3 Å². The van der Waals surface area contributed by atoms with E-state index in [1.54, 1.807) is 55.5 Å². The summed E-state index contributed by atoms with van der Waals surface area (Å²) < 4.78 is 38.8. The summed E-state index contributed by atoms with van der Waals surface area (Å²) in [4.78, 5) is 12.2. The number of sulfonamides is 1. The van der Waals surface area contributed by atoms with Gasteiger partial charge in [0.05, 0.1) is 18.6 Å². The standard InChI is InChI=1S/C23H22N2O6S/c1-3-31-23(26)15-22(18-7-5-13-25(27)16-18)17-6-4-8-19(14-17)24-32(28,29)21-11-9-20(30-2)10-12-21/h4-16,24H,3H2,1-2H3. The zero-order chi connectivity index (χ0) is 23.1.